The molecule has 1 rings (SSSR count). The number of methoxy groups -OCH3 is 1. The Kier molecular flexibility index (Phi) is 5.57. The minimum Gasteiger partial charge on any atom is -0.468 e. The molecule has 0 fully saturated rings. The number of ether oxygens (including phenoxy) is 1. The molecule has 0 aliphatic carbocycles. The maximum absolute atomic E-state index is 11.0. The van der Waals surface area contributed by atoms with E-state index >= 15 is 0 Å². The van der Waals surface area contributed by atoms with Gasteiger partial charge in [-0.05, 0) is 18.4 Å². The number of benzene rings is 1. The average molecular weight is 221 g/mol. The fourth-order valence-electron chi connectivity index (χ4n) is 1.56. The summed E-state index contributed by atoms with van der Waals surface area (Å²) in [6.07, 6.45) is 1.93. The van der Waals surface area contributed by atoms with Crippen molar-refractivity contribution < 1.29 is 9.53 Å². The van der Waals surface area contributed by atoms with Crippen molar-refractivity contribution in [1.29, 1.82) is 0 Å². The average Bonchev–Trinajstić information content (AvgIpc) is 2.35. The fraction of sp³-hybridized carbons (Fsp3) is 0.462. The molecule has 0 heterocycles. The summed E-state index contributed by atoms with van der Waals surface area (Å²) in [6.45, 7) is 2.39. The first kappa shape index (κ1) is 12.7. The molecule has 1 aromatic carbocycles. The van der Waals surface area contributed by atoms with Gasteiger partial charge in [-0.2, -0.15) is 0 Å². The van der Waals surface area contributed by atoms with Crippen LogP contribution in [0.5, 0.6) is 0 Å². The molecule has 0 amide bonds. The molecule has 1 N–H and O–H groups in total. The maximum Gasteiger partial charge on any atom is 0.319 e. The second-order valence-corrected chi connectivity index (χ2v) is 3.75. The largest absolute Gasteiger partial charge is 0.468 e. The van der Waals surface area contributed by atoms with E-state index in [4.69, 9.17) is 0 Å². The van der Waals surface area contributed by atoms with E-state index in [0.29, 0.717) is 6.04 Å². The van der Waals surface area contributed by atoms with Crippen molar-refractivity contribution in [1.82, 2.24) is 5.32 Å². The van der Waals surface area contributed by atoms with Crippen molar-refractivity contribution in [3.63, 3.8) is 0 Å². The summed E-state index contributed by atoms with van der Waals surface area (Å²) < 4.78 is 4.59. The molecule has 1 atom stereocenters. The van der Waals surface area contributed by atoms with E-state index in [9.17, 15) is 4.79 Å². The zero-order valence-electron chi connectivity index (χ0n) is 9.90. The number of hydrogen-bond donors (Lipinski definition) is 1. The van der Waals surface area contributed by atoms with Crippen LogP contribution in [0, 0.1) is 0 Å². The number of esters is 1. The Morgan fingerprint density at radius 2 is 2.06 bits per heavy atom. The van der Waals surface area contributed by atoms with E-state index in [1.807, 2.05) is 18.2 Å². The van der Waals surface area contributed by atoms with Crippen LogP contribution in [0.1, 0.15) is 18.9 Å². The number of rotatable bonds is 6. The van der Waals surface area contributed by atoms with Gasteiger partial charge in [0.1, 0.15) is 0 Å². The van der Waals surface area contributed by atoms with Crippen molar-refractivity contribution in [2.24, 2.45) is 0 Å². The third-order valence-corrected chi connectivity index (χ3v) is 2.58. The second kappa shape index (κ2) is 7.01. The van der Waals surface area contributed by atoms with Crippen LogP contribution < -0.4 is 5.32 Å². The third-order valence-electron chi connectivity index (χ3n) is 2.58. The second-order valence-electron chi connectivity index (χ2n) is 3.75. The van der Waals surface area contributed by atoms with Gasteiger partial charge in [0.05, 0.1) is 13.7 Å². The lowest BCUT2D eigenvalue weighted by atomic mass is 10.0. The molecule has 0 radical (unpaired) electrons. The minimum absolute atomic E-state index is 0.216. The first-order chi connectivity index (χ1) is 7.76. The number of carbonyl (C=O) groups is 1. The molecule has 0 aromatic heterocycles. The van der Waals surface area contributed by atoms with Gasteiger partial charge in [0.2, 0.25) is 0 Å². The highest BCUT2D eigenvalue weighted by molar-refractivity contribution is 5.71. The molecule has 3 heteroatoms. The summed E-state index contributed by atoms with van der Waals surface area (Å²) in [6, 6.07) is 10.6. The molecular weight excluding hydrogens is 202 g/mol. The standard InChI is InChI=1S/C13H19NO2/c1-3-12(14-10-13(15)16-2)9-11-7-5-4-6-8-11/h4-8,12,14H,3,9-10H2,1-2H3. The van der Waals surface area contributed by atoms with Crippen LogP contribution in [0.3, 0.4) is 0 Å². The van der Waals surface area contributed by atoms with E-state index < -0.39 is 0 Å². The zero-order chi connectivity index (χ0) is 11.8. The first-order valence-corrected chi connectivity index (χ1v) is 5.60. The van der Waals surface area contributed by atoms with Gasteiger partial charge < -0.3 is 10.1 Å². The van der Waals surface area contributed by atoms with E-state index in [0.717, 1.165) is 12.8 Å². The van der Waals surface area contributed by atoms with Gasteiger partial charge in [-0.25, -0.2) is 0 Å². The Morgan fingerprint density at radius 1 is 1.38 bits per heavy atom. The molecule has 0 aliphatic rings. The topological polar surface area (TPSA) is 38.3 Å². The van der Waals surface area contributed by atoms with E-state index in [1.165, 1.54) is 12.7 Å². The highest BCUT2D eigenvalue weighted by Gasteiger charge is 2.08. The smallest absolute Gasteiger partial charge is 0.319 e. The van der Waals surface area contributed by atoms with Crippen LogP contribution in [-0.4, -0.2) is 25.7 Å². The van der Waals surface area contributed by atoms with Gasteiger partial charge in [-0.3, -0.25) is 4.79 Å². The summed E-state index contributed by atoms with van der Waals surface area (Å²) in [7, 11) is 1.40. The van der Waals surface area contributed by atoms with E-state index in [1.54, 1.807) is 0 Å². The van der Waals surface area contributed by atoms with Gasteiger partial charge in [0.15, 0.2) is 0 Å². The molecule has 1 unspecified atom stereocenters. The van der Waals surface area contributed by atoms with Crippen LogP contribution in [0.4, 0.5) is 0 Å². The van der Waals surface area contributed by atoms with Gasteiger partial charge in [0, 0.05) is 6.04 Å². The van der Waals surface area contributed by atoms with Gasteiger partial charge in [0.25, 0.3) is 0 Å². The molecule has 0 spiro atoms. The summed E-state index contributed by atoms with van der Waals surface area (Å²) in [5.74, 6) is -0.216. The summed E-state index contributed by atoms with van der Waals surface area (Å²) in [5.41, 5.74) is 1.28. The van der Waals surface area contributed by atoms with Gasteiger partial charge in [-0.1, -0.05) is 37.3 Å². The first-order valence-electron chi connectivity index (χ1n) is 5.60. The highest BCUT2D eigenvalue weighted by atomic mass is 16.5. The molecule has 1 aromatic rings. The quantitative estimate of drug-likeness (QED) is 0.744. The van der Waals surface area contributed by atoms with Gasteiger partial charge >= 0.3 is 5.97 Å². The molecule has 16 heavy (non-hydrogen) atoms. The molecule has 0 saturated carbocycles. The van der Waals surface area contributed by atoms with Crippen LogP contribution in [0.25, 0.3) is 0 Å². The fourth-order valence-corrected chi connectivity index (χ4v) is 1.56. The Morgan fingerprint density at radius 3 is 2.62 bits per heavy atom. The predicted octanol–water partition coefficient (Wildman–Crippen LogP) is 1.77. The lowest BCUT2D eigenvalue weighted by molar-refractivity contribution is -0.139. The van der Waals surface area contributed by atoms with Gasteiger partial charge in [-0.15, -0.1) is 0 Å². The number of nitrogens with one attached hydrogen (secondary N) is 1. The molecule has 0 aliphatic heterocycles. The Hall–Kier alpha value is -1.35. The Labute approximate surface area is 96.8 Å². The van der Waals surface area contributed by atoms with Crippen molar-refractivity contribution in [2.75, 3.05) is 13.7 Å². The predicted molar refractivity (Wildman–Crippen MR) is 64.2 cm³/mol. The highest BCUT2D eigenvalue weighted by Crippen LogP contribution is 2.05. The lowest BCUT2D eigenvalue weighted by Crippen LogP contribution is -2.35. The van der Waals surface area contributed by atoms with Crippen molar-refractivity contribution in [3.05, 3.63) is 35.9 Å². The zero-order valence-corrected chi connectivity index (χ0v) is 9.90. The summed E-state index contributed by atoms with van der Waals surface area (Å²) in [4.78, 5) is 11.0. The lowest BCUT2D eigenvalue weighted by Gasteiger charge is -2.16. The normalized spacial score (nSPS) is 12.1. The summed E-state index contributed by atoms with van der Waals surface area (Å²) in [5, 5.41) is 3.19. The van der Waals surface area contributed by atoms with Crippen LogP contribution >= 0.6 is 0 Å². The van der Waals surface area contributed by atoms with E-state index in [2.05, 4.69) is 29.1 Å². The third kappa shape index (κ3) is 4.45. The monoisotopic (exact) mass is 221 g/mol. The van der Waals surface area contributed by atoms with E-state index in [-0.39, 0.29) is 12.5 Å². The molecule has 88 valence electrons. The van der Waals surface area contributed by atoms with Crippen LogP contribution in [-0.2, 0) is 16.0 Å². The summed E-state index contributed by atoms with van der Waals surface area (Å²) >= 11 is 0. The molecule has 3 nitrogen and oxygen atoms in total. The Bertz CT molecular complexity index is 311. The molecular formula is C13H19NO2. The van der Waals surface area contributed by atoms with Crippen LogP contribution in [0.2, 0.25) is 0 Å². The molecule has 0 saturated heterocycles. The van der Waals surface area contributed by atoms with Crippen molar-refractivity contribution >= 4 is 5.97 Å². The number of carbonyl (C=O) groups excluding carboxylic acids is 1. The maximum atomic E-state index is 11.0. The molecule has 0 bridgehead atoms. The van der Waals surface area contributed by atoms with Crippen molar-refractivity contribution in [3.8, 4) is 0 Å². The minimum atomic E-state index is -0.216. The van der Waals surface area contributed by atoms with Crippen LogP contribution in [0.15, 0.2) is 30.3 Å². The SMILES string of the molecule is CCC(Cc1ccccc1)NCC(=O)OC. The van der Waals surface area contributed by atoms with Crippen molar-refractivity contribution in [2.45, 2.75) is 25.8 Å². The number of hydrogen-bond acceptors (Lipinski definition) is 3. The Balaban J connectivity index is 2.40.